The van der Waals surface area contributed by atoms with Gasteiger partial charge in [0.1, 0.15) is 12.4 Å². The van der Waals surface area contributed by atoms with E-state index >= 15 is 0 Å². The summed E-state index contributed by atoms with van der Waals surface area (Å²) in [5.41, 5.74) is 2.25. The molecule has 0 aliphatic rings. The first-order valence-electron chi connectivity index (χ1n) is 11.2. The van der Waals surface area contributed by atoms with Crippen LogP contribution in [-0.4, -0.2) is 31.5 Å². The zero-order valence-corrected chi connectivity index (χ0v) is 19.3. The highest BCUT2D eigenvalue weighted by atomic mass is 16.5. The Bertz CT molecular complexity index is 1290. The standard InChI is InChI=1S/C28H28O6/c1-19(29)16-26-27(22-10-6-7-11-23(22)28(30)34-26)21-12-13-24(25(17-21)31-2)33-15-14-32-18-20-8-4-3-5-9-20/h3-13,17,19,29H,14-16,18H2,1-2H3. The second-order valence-corrected chi connectivity index (χ2v) is 8.04. The monoisotopic (exact) mass is 460 g/mol. The van der Waals surface area contributed by atoms with Gasteiger partial charge in [-0.05, 0) is 36.2 Å². The molecular weight excluding hydrogens is 432 g/mol. The smallest absolute Gasteiger partial charge is 0.343 e. The summed E-state index contributed by atoms with van der Waals surface area (Å²) in [5.74, 6) is 1.58. The lowest BCUT2D eigenvalue weighted by Crippen LogP contribution is -2.11. The van der Waals surface area contributed by atoms with E-state index in [1.54, 1.807) is 26.2 Å². The summed E-state index contributed by atoms with van der Waals surface area (Å²) in [4.78, 5) is 12.5. The molecule has 1 unspecified atom stereocenters. The molecule has 0 spiro atoms. The van der Waals surface area contributed by atoms with Crippen molar-refractivity contribution in [3.8, 4) is 22.6 Å². The maximum Gasteiger partial charge on any atom is 0.343 e. The number of ether oxygens (including phenoxy) is 3. The third-order valence-electron chi connectivity index (χ3n) is 5.44. The maximum absolute atomic E-state index is 12.5. The van der Waals surface area contributed by atoms with Crippen molar-refractivity contribution in [1.29, 1.82) is 0 Å². The third-order valence-corrected chi connectivity index (χ3v) is 5.44. The molecule has 6 heteroatoms. The van der Waals surface area contributed by atoms with Crippen LogP contribution in [0.15, 0.2) is 82.0 Å². The van der Waals surface area contributed by atoms with E-state index in [1.807, 2.05) is 60.7 Å². The zero-order valence-electron chi connectivity index (χ0n) is 19.3. The molecule has 6 nitrogen and oxygen atoms in total. The molecule has 1 aromatic heterocycles. The Labute approximate surface area is 198 Å². The second-order valence-electron chi connectivity index (χ2n) is 8.04. The maximum atomic E-state index is 12.5. The average molecular weight is 461 g/mol. The van der Waals surface area contributed by atoms with E-state index in [4.69, 9.17) is 18.6 Å². The molecule has 4 rings (SSSR count). The number of fused-ring (bicyclic) bond motifs is 1. The number of aliphatic hydroxyl groups excluding tert-OH is 1. The molecule has 176 valence electrons. The fraction of sp³-hybridized carbons (Fsp3) is 0.250. The predicted molar refractivity (Wildman–Crippen MR) is 131 cm³/mol. The molecule has 4 aromatic rings. The first-order valence-corrected chi connectivity index (χ1v) is 11.2. The van der Waals surface area contributed by atoms with Crippen LogP contribution in [0.2, 0.25) is 0 Å². The van der Waals surface area contributed by atoms with Crippen LogP contribution < -0.4 is 15.1 Å². The van der Waals surface area contributed by atoms with Gasteiger partial charge in [0.2, 0.25) is 0 Å². The highest BCUT2D eigenvalue weighted by molar-refractivity contribution is 5.97. The Morgan fingerprint density at radius 1 is 0.912 bits per heavy atom. The molecule has 1 N–H and O–H groups in total. The minimum atomic E-state index is -0.663. The quantitative estimate of drug-likeness (QED) is 0.336. The molecule has 0 fully saturated rings. The molecule has 0 bridgehead atoms. The van der Waals surface area contributed by atoms with E-state index in [2.05, 4.69) is 0 Å². The van der Waals surface area contributed by atoms with Gasteiger partial charge in [-0.15, -0.1) is 0 Å². The molecule has 0 aliphatic heterocycles. The van der Waals surface area contributed by atoms with Crippen LogP contribution in [0.3, 0.4) is 0 Å². The highest BCUT2D eigenvalue weighted by Crippen LogP contribution is 2.37. The van der Waals surface area contributed by atoms with Gasteiger partial charge < -0.3 is 23.7 Å². The fourth-order valence-corrected chi connectivity index (χ4v) is 3.89. The molecule has 0 radical (unpaired) electrons. The van der Waals surface area contributed by atoms with Gasteiger partial charge in [0.15, 0.2) is 11.5 Å². The van der Waals surface area contributed by atoms with Crippen molar-refractivity contribution in [1.82, 2.24) is 0 Å². The van der Waals surface area contributed by atoms with Crippen LogP contribution in [0.25, 0.3) is 21.9 Å². The van der Waals surface area contributed by atoms with Crippen molar-refractivity contribution < 1.29 is 23.7 Å². The van der Waals surface area contributed by atoms with Gasteiger partial charge in [0, 0.05) is 17.4 Å². The van der Waals surface area contributed by atoms with Gasteiger partial charge in [-0.25, -0.2) is 4.79 Å². The van der Waals surface area contributed by atoms with Crippen LogP contribution in [0.4, 0.5) is 0 Å². The molecule has 1 atom stereocenters. The minimum absolute atomic E-state index is 0.217. The molecule has 0 saturated carbocycles. The van der Waals surface area contributed by atoms with Gasteiger partial charge in [0.05, 0.1) is 31.8 Å². The third kappa shape index (κ3) is 5.47. The second kappa shape index (κ2) is 11.0. The lowest BCUT2D eigenvalue weighted by Gasteiger charge is -2.16. The Balaban J connectivity index is 1.56. The fourth-order valence-electron chi connectivity index (χ4n) is 3.89. The van der Waals surface area contributed by atoms with E-state index in [-0.39, 0.29) is 6.42 Å². The van der Waals surface area contributed by atoms with Crippen molar-refractivity contribution in [2.45, 2.75) is 26.1 Å². The summed E-state index contributed by atoms with van der Waals surface area (Å²) >= 11 is 0. The van der Waals surface area contributed by atoms with Crippen LogP contribution in [-0.2, 0) is 17.8 Å². The van der Waals surface area contributed by atoms with Crippen molar-refractivity contribution in [2.75, 3.05) is 20.3 Å². The van der Waals surface area contributed by atoms with Gasteiger partial charge in [0.25, 0.3) is 0 Å². The van der Waals surface area contributed by atoms with Gasteiger partial charge in [-0.3, -0.25) is 0 Å². The average Bonchev–Trinajstić information content (AvgIpc) is 2.84. The van der Waals surface area contributed by atoms with E-state index in [0.29, 0.717) is 42.5 Å². The first kappa shape index (κ1) is 23.5. The van der Waals surface area contributed by atoms with Crippen LogP contribution in [0, 0.1) is 0 Å². The lowest BCUT2D eigenvalue weighted by atomic mass is 9.96. The number of benzene rings is 3. The van der Waals surface area contributed by atoms with Gasteiger partial charge >= 0.3 is 5.63 Å². The number of methoxy groups -OCH3 is 1. The molecule has 0 amide bonds. The number of hydrogen-bond donors (Lipinski definition) is 1. The van der Waals surface area contributed by atoms with Crippen LogP contribution >= 0.6 is 0 Å². The van der Waals surface area contributed by atoms with Gasteiger partial charge in [-0.1, -0.05) is 54.6 Å². The van der Waals surface area contributed by atoms with Crippen molar-refractivity contribution in [2.24, 2.45) is 0 Å². The molecular formula is C28H28O6. The van der Waals surface area contributed by atoms with Crippen molar-refractivity contribution in [3.63, 3.8) is 0 Å². The first-order chi connectivity index (χ1) is 16.6. The Hall–Kier alpha value is -3.61. The Morgan fingerprint density at radius 3 is 2.38 bits per heavy atom. The van der Waals surface area contributed by atoms with Crippen molar-refractivity contribution >= 4 is 10.8 Å². The van der Waals surface area contributed by atoms with E-state index in [9.17, 15) is 9.90 Å². The SMILES string of the molecule is COc1cc(-c2c(CC(C)O)oc(=O)c3ccccc23)ccc1OCCOCc1ccccc1. The summed E-state index contributed by atoms with van der Waals surface area (Å²) in [6.07, 6.45) is -0.446. The normalized spacial score (nSPS) is 12.0. The van der Waals surface area contributed by atoms with E-state index in [0.717, 1.165) is 22.1 Å². The molecule has 3 aromatic carbocycles. The number of hydrogen-bond acceptors (Lipinski definition) is 6. The number of rotatable bonds is 10. The molecule has 0 saturated heterocycles. The highest BCUT2D eigenvalue weighted by Gasteiger charge is 2.18. The Morgan fingerprint density at radius 2 is 1.65 bits per heavy atom. The van der Waals surface area contributed by atoms with Crippen LogP contribution in [0.1, 0.15) is 18.2 Å². The van der Waals surface area contributed by atoms with E-state index in [1.165, 1.54) is 0 Å². The summed E-state index contributed by atoms with van der Waals surface area (Å²) < 4.78 is 22.8. The molecule has 1 heterocycles. The Kier molecular flexibility index (Phi) is 7.62. The molecule has 0 aliphatic carbocycles. The van der Waals surface area contributed by atoms with E-state index < -0.39 is 11.7 Å². The largest absolute Gasteiger partial charge is 0.493 e. The predicted octanol–water partition coefficient (Wildman–Crippen LogP) is 4.99. The lowest BCUT2D eigenvalue weighted by molar-refractivity contribution is 0.0880. The summed E-state index contributed by atoms with van der Waals surface area (Å²) in [5, 5.41) is 11.2. The van der Waals surface area contributed by atoms with Crippen LogP contribution in [0.5, 0.6) is 11.5 Å². The summed E-state index contributed by atoms with van der Waals surface area (Å²) in [6, 6.07) is 22.9. The van der Waals surface area contributed by atoms with Gasteiger partial charge in [-0.2, -0.15) is 0 Å². The minimum Gasteiger partial charge on any atom is -0.493 e. The zero-order chi connectivity index (χ0) is 23.9. The summed E-state index contributed by atoms with van der Waals surface area (Å²) in [6.45, 7) is 3.00. The molecule has 34 heavy (non-hydrogen) atoms. The van der Waals surface area contributed by atoms with Crippen molar-refractivity contribution in [3.05, 3.63) is 94.5 Å². The summed E-state index contributed by atoms with van der Waals surface area (Å²) in [7, 11) is 1.58. The number of aliphatic hydroxyl groups is 1. The topological polar surface area (TPSA) is 78.1 Å².